The zero-order valence-corrected chi connectivity index (χ0v) is 36.9. The molecule has 2 heteroatoms. The summed E-state index contributed by atoms with van der Waals surface area (Å²) >= 11 is 0. The molecule has 0 amide bonds. The van der Waals surface area contributed by atoms with Gasteiger partial charge in [-0.3, -0.25) is 0 Å². The normalized spacial score (nSPS) is 15.2. The van der Waals surface area contributed by atoms with Crippen LogP contribution in [0.3, 0.4) is 0 Å². The molecule has 9 aromatic carbocycles. The van der Waals surface area contributed by atoms with Crippen molar-refractivity contribution in [2.75, 3.05) is 9.80 Å². The average Bonchev–Trinajstić information content (AvgIpc) is 3.78. The number of hydrogen-bond donors (Lipinski definition) is 0. The third-order valence-corrected chi connectivity index (χ3v) is 14.8. The lowest BCUT2D eigenvalue weighted by atomic mass is 9.81. The Morgan fingerprint density at radius 2 is 0.635 bits per heavy atom. The molecular formula is C61H50N2. The Morgan fingerprint density at radius 1 is 0.270 bits per heavy atom. The van der Waals surface area contributed by atoms with Gasteiger partial charge in [0, 0.05) is 50.1 Å². The largest absolute Gasteiger partial charge is 0.310 e. The molecule has 63 heavy (non-hydrogen) atoms. The highest BCUT2D eigenvalue weighted by molar-refractivity contribution is 5.99. The first-order valence-electron chi connectivity index (χ1n) is 22.4. The molecule has 0 bridgehead atoms. The van der Waals surface area contributed by atoms with Crippen LogP contribution in [0.15, 0.2) is 194 Å². The van der Waals surface area contributed by atoms with Crippen LogP contribution in [-0.4, -0.2) is 0 Å². The first-order valence-corrected chi connectivity index (χ1v) is 22.4. The highest BCUT2D eigenvalue weighted by Gasteiger charge is 2.40. The summed E-state index contributed by atoms with van der Waals surface area (Å²) in [5.74, 6) is 0. The molecule has 3 aliphatic rings. The summed E-state index contributed by atoms with van der Waals surface area (Å²) < 4.78 is 0. The predicted molar refractivity (Wildman–Crippen MR) is 266 cm³/mol. The number of para-hydroxylation sites is 1. The summed E-state index contributed by atoms with van der Waals surface area (Å²) in [4.78, 5) is 4.94. The van der Waals surface area contributed by atoms with Crippen LogP contribution in [0.1, 0.15) is 74.9 Å². The molecule has 0 spiro atoms. The van der Waals surface area contributed by atoms with Crippen LogP contribution < -0.4 is 9.80 Å². The lowest BCUT2D eigenvalue weighted by molar-refractivity contribution is 0.659. The molecule has 0 heterocycles. The fraction of sp³-hybridized carbons (Fsp3) is 0.148. The molecule has 0 saturated carbocycles. The van der Waals surface area contributed by atoms with Gasteiger partial charge in [-0.1, -0.05) is 169 Å². The topological polar surface area (TPSA) is 6.48 Å². The third kappa shape index (κ3) is 5.44. The van der Waals surface area contributed by atoms with E-state index in [1.807, 2.05) is 0 Å². The van der Waals surface area contributed by atoms with Crippen LogP contribution in [0.2, 0.25) is 0 Å². The summed E-state index contributed by atoms with van der Waals surface area (Å²) in [5.41, 5.74) is 22.7. The van der Waals surface area contributed by atoms with Gasteiger partial charge in [0.15, 0.2) is 0 Å². The number of hydrogen-bond acceptors (Lipinski definition) is 2. The van der Waals surface area contributed by atoms with Gasteiger partial charge in [-0.25, -0.2) is 0 Å². The maximum atomic E-state index is 2.52. The smallest absolute Gasteiger partial charge is 0.0540 e. The van der Waals surface area contributed by atoms with Crippen molar-refractivity contribution in [2.45, 2.75) is 57.8 Å². The summed E-state index contributed by atoms with van der Waals surface area (Å²) in [6.07, 6.45) is 0. The molecule has 12 rings (SSSR count). The molecule has 0 unspecified atom stereocenters. The quantitative estimate of drug-likeness (QED) is 0.165. The minimum absolute atomic E-state index is 0.117. The lowest BCUT2D eigenvalue weighted by Crippen LogP contribution is -2.19. The molecule has 0 fully saturated rings. The molecule has 0 aromatic heterocycles. The van der Waals surface area contributed by atoms with Gasteiger partial charge in [-0.05, 0) is 139 Å². The van der Waals surface area contributed by atoms with Crippen LogP contribution in [0.5, 0.6) is 0 Å². The third-order valence-electron chi connectivity index (χ3n) is 14.8. The van der Waals surface area contributed by atoms with Crippen molar-refractivity contribution >= 4 is 44.9 Å². The molecule has 0 atom stereocenters. The molecule has 3 aliphatic carbocycles. The second-order valence-corrected chi connectivity index (χ2v) is 19.4. The van der Waals surface area contributed by atoms with Crippen LogP contribution in [0.25, 0.3) is 44.2 Å². The Labute approximate surface area is 371 Å². The average molecular weight is 811 g/mol. The van der Waals surface area contributed by atoms with Gasteiger partial charge in [0.05, 0.1) is 5.69 Å². The van der Waals surface area contributed by atoms with Crippen molar-refractivity contribution < 1.29 is 0 Å². The summed E-state index contributed by atoms with van der Waals surface area (Å²) in [5, 5.41) is 2.46. The second kappa shape index (κ2) is 13.4. The highest BCUT2D eigenvalue weighted by atomic mass is 15.1. The predicted octanol–water partition coefficient (Wildman–Crippen LogP) is 16.7. The maximum absolute atomic E-state index is 2.52. The Bertz CT molecular complexity index is 3220. The molecule has 0 radical (unpaired) electrons. The molecule has 2 nitrogen and oxygen atoms in total. The second-order valence-electron chi connectivity index (χ2n) is 19.4. The van der Waals surface area contributed by atoms with Crippen molar-refractivity contribution in [1.82, 2.24) is 0 Å². The molecule has 9 aromatic rings. The first-order chi connectivity index (χ1) is 30.5. The Hall–Kier alpha value is -7.16. The minimum atomic E-state index is -0.257. The zero-order valence-electron chi connectivity index (χ0n) is 36.9. The number of fused-ring (bicyclic) bond motifs is 10. The molecule has 0 N–H and O–H groups in total. The fourth-order valence-corrected chi connectivity index (χ4v) is 11.5. The van der Waals surface area contributed by atoms with E-state index < -0.39 is 0 Å². The summed E-state index contributed by atoms with van der Waals surface area (Å²) in [7, 11) is 0. The van der Waals surface area contributed by atoms with Crippen LogP contribution in [0.4, 0.5) is 34.1 Å². The molecular weight excluding hydrogens is 761 g/mol. The molecule has 0 aliphatic heterocycles. The van der Waals surface area contributed by atoms with Crippen molar-refractivity contribution in [3.63, 3.8) is 0 Å². The van der Waals surface area contributed by atoms with E-state index in [2.05, 4.69) is 245 Å². The van der Waals surface area contributed by atoms with E-state index in [1.165, 1.54) is 94.6 Å². The number of nitrogens with zero attached hydrogens (tertiary/aromatic N) is 2. The summed E-state index contributed by atoms with van der Waals surface area (Å²) in [6.45, 7) is 14.3. The van der Waals surface area contributed by atoms with Crippen molar-refractivity contribution in [1.29, 1.82) is 0 Å². The van der Waals surface area contributed by atoms with Crippen molar-refractivity contribution in [3.05, 3.63) is 228 Å². The number of benzene rings is 9. The Balaban J connectivity index is 1.01. The van der Waals surface area contributed by atoms with Crippen LogP contribution >= 0.6 is 0 Å². The van der Waals surface area contributed by atoms with Gasteiger partial charge in [0.25, 0.3) is 0 Å². The Kier molecular flexibility index (Phi) is 8.01. The van der Waals surface area contributed by atoms with Crippen molar-refractivity contribution in [2.24, 2.45) is 0 Å². The van der Waals surface area contributed by atoms with Gasteiger partial charge in [0.2, 0.25) is 0 Å². The SMILES string of the molecule is CC1(C)c2ccccc2-c2ccc(N(c3ccc4c(c3)C(C)(C)c3ccccc3-4)c3ccc4c(c3)C(C)(C)c3cc(N(c5ccccc5)c5cccc6ccccc56)ccc3-4)cc21. The van der Waals surface area contributed by atoms with Crippen molar-refractivity contribution in [3.8, 4) is 33.4 Å². The number of anilines is 6. The fourth-order valence-electron chi connectivity index (χ4n) is 11.5. The van der Waals surface area contributed by atoms with E-state index in [0.29, 0.717) is 0 Å². The maximum Gasteiger partial charge on any atom is 0.0540 e. The molecule has 304 valence electrons. The van der Waals surface area contributed by atoms with E-state index in [0.717, 1.165) is 17.1 Å². The zero-order chi connectivity index (χ0) is 42.8. The lowest BCUT2D eigenvalue weighted by Gasteiger charge is -2.31. The van der Waals surface area contributed by atoms with Gasteiger partial charge in [-0.2, -0.15) is 0 Å². The van der Waals surface area contributed by atoms with E-state index >= 15 is 0 Å². The Morgan fingerprint density at radius 3 is 1.13 bits per heavy atom. The number of rotatable bonds is 6. The van der Waals surface area contributed by atoms with Gasteiger partial charge < -0.3 is 9.80 Å². The van der Waals surface area contributed by atoms with E-state index in [-0.39, 0.29) is 16.2 Å². The standard InChI is InChI=1S/C61H50N2/c1-59(2)52-24-14-12-22-46(52)48-31-27-41(35-54(48)59)62(42-28-32-49-47-23-13-15-25-53(47)60(3,4)55(49)36-42)43-29-33-50-51-34-30-44(38-57(51)61(5,6)56(50)37-43)63(40-19-8-7-9-20-40)58-26-16-18-39-17-10-11-21-45(39)58/h7-38H,1-6H3. The minimum Gasteiger partial charge on any atom is -0.310 e. The van der Waals surface area contributed by atoms with Gasteiger partial charge in [-0.15, -0.1) is 0 Å². The highest BCUT2D eigenvalue weighted by Crippen LogP contribution is 2.56. The van der Waals surface area contributed by atoms with E-state index in [9.17, 15) is 0 Å². The summed E-state index contributed by atoms with van der Waals surface area (Å²) in [6, 6.07) is 72.7. The van der Waals surface area contributed by atoms with E-state index in [4.69, 9.17) is 0 Å². The van der Waals surface area contributed by atoms with Gasteiger partial charge >= 0.3 is 0 Å². The van der Waals surface area contributed by atoms with Gasteiger partial charge in [0.1, 0.15) is 0 Å². The van der Waals surface area contributed by atoms with Crippen LogP contribution in [-0.2, 0) is 16.2 Å². The monoisotopic (exact) mass is 810 g/mol. The molecule has 0 saturated heterocycles. The van der Waals surface area contributed by atoms with E-state index in [1.54, 1.807) is 0 Å². The first kappa shape index (κ1) is 37.6. The van der Waals surface area contributed by atoms with Crippen LogP contribution in [0, 0.1) is 0 Å².